The van der Waals surface area contributed by atoms with E-state index in [-0.39, 0.29) is 12.5 Å². The summed E-state index contributed by atoms with van der Waals surface area (Å²) >= 11 is 5.95. The molecule has 1 aliphatic heterocycles. The number of anilines is 1. The van der Waals surface area contributed by atoms with Crippen LogP contribution in [0.25, 0.3) is 0 Å². The molecule has 2 aromatic rings. The number of nitrogens with zero attached hydrogens (tertiary/aromatic N) is 1. The van der Waals surface area contributed by atoms with Gasteiger partial charge in [-0.05, 0) is 49.1 Å². The van der Waals surface area contributed by atoms with E-state index in [1.807, 2.05) is 37.3 Å². The molecule has 136 valence electrons. The third kappa shape index (κ3) is 4.35. The Morgan fingerprint density at radius 3 is 2.73 bits per heavy atom. The molecule has 0 bridgehead atoms. The molecule has 1 aliphatic rings. The number of hydrogen-bond donors (Lipinski definition) is 1. The molecule has 1 atom stereocenters. The summed E-state index contributed by atoms with van der Waals surface area (Å²) in [6.07, 6.45) is 0.941. The maximum Gasteiger partial charge on any atom is 0.410 e. The van der Waals surface area contributed by atoms with Gasteiger partial charge in [-0.15, -0.1) is 0 Å². The summed E-state index contributed by atoms with van der Waals surface area (Å²) in [5.41, 5.74) is 2.49. The Hall–Kier alpha value is -2.53. The summed E-state index contributed by atoms with van der Waals surface area (Å²) in [4.78, 5) is 26.6. The quantitative estimate of drug-likeness (QED) is 0.865. The van der Waals surface area contributed by atoms with Gasteiger partial charge in [-0.25, -0.2) is 4.79 Å². The first kappa shape index (κ1) is 18.3. The molecule has 1 unspecified atom stereocenters. The molecule has 1 saturated heterocycles. The summed E-state index contributed by atoms with van der Waals surface area (Å²) in [5.74, 6) is -0.204. The number of halogens is 1. The van der Waals surface area contributed by atoms with Crippen LogP contribution in [-0.4, -0.2) is 29.5 Å². The van der Waals surface area contributed by atoms with Crippen molar-refractivity contribution < 1.29 is 14.3 Å². The van der Waals surface area contributed by atoms with Crippen LogP contribution in [0.2, 0.25) is 5.02 Å². The number of carbonyl (C=O) groups excluding carboxylic acids is 2. The van der Waals surface area contributed by atoms with Crippen molar-refractivity contribution >= 4 is 29.3 Å². The molecule has 6 heteroatoms. The van der Waals surface area contributed by atoms with Gasteiger partial charge in [0.25, 0.3) is 0 Å². The number of likely N-dealkylation sites (tertiary alicyclic amines) is 1. The monoisotopic (exact) mass is 372 g/mol. The Balaban J connectivity index is 1.61. The van der Waals surface area contributed by atoms with E-state index < -0.39 is 12.1 Å². The molecule has 1 heterocycles. The lowest BCUT2D eigenvalue weighted by Crippen LogP contribution is -2.43. The molecule has 2 aromatic carbocycles. The van der Waals surface area contributed by atoms with Crippen LogP contribution in [0.15, 0.2) is 48.5 Å². The molecule has 3 rings (SSSR count). The minimum atomic E-state index is -0.520. The van der Waals surface area contributed by atoms with E-state index in [0.717, 1.165) is 17.5 Å². The van der Waals surface area contributed by atoms with Crippen molar-refractivity contribution in [1.82, 2.24) is 4.90 Å². The Morgan fingerprint density at radius 2 is 2.00 bits per heavy atom. The predicted octanol–water partition coefficient (Wildman–Crippen LogP) is 4.39. The Kier molecular flexibility index (Phi) is 5.78. The number of amides is 2. The van der Waals surface area contributed by atoms with Crippen molar-refractivity contribution in [3.05, 3.63) is 64.7 Å². The van der Waals surface area contributed by atoms with Gasteiger partial charge in [-0.3, -0.25) is 9.69 Å². The molecule has 26 heavy (non-hydrogen) atoms. The number of benzene rings is 2. The number of ether oxygens (including phenoxy) is 1. The van der Waals surface area contributed by atoms with E-state index in [2.05, 4.69) is 5.32 Å². The second kappa shape index (κ2) is 8.23. The third-order valence-corrected chi connectivity index (χ3v) is 4.68. The van der Waals surface area contributed by atoms with Gasteiger partial charge in [0.1, 0.15) is 12.6 Å². The van der Waals surface area contributed by atoms with Crippen molar-refractivity contribution in [2.24, 2.45) is 0 Å². The summed E-state index contributed by atoms with van der Waals surface area (Å²) in [6, 6.07) is 14.2. The highest BCUT2D eigenvalue weighted by Crippen LogP contribution is 2.23. The zero-order valence-corrected chi connectivity index (χ0v) is 15.3. The zero-order valence-electron chi connectivity index (χ0n) is 14.6. The number of rotatable bonds is 4. The van der Waals surface area contributed by atoms with Gasteiger partial charge in [-0.2, -0.15) is 0 Å². The van der Waals surface area contributed by atoms with Gasteiger partial charge < -0.3 is 10.1 Å². The lowest BCUT2D eigenvalue weighted by atomic mass is 10.1. The van der Waals surface area contributed by atoms with Crippen molar-refractivity contribution in [2.75, 3.05) is 11.9 Å². The summed E-state index contributed by atoms with van der Waals surface area (Å²) in [7, 11) is 0. The van der Waals surface area contributed by atoms with Crippen molar-refractivity contribution in [3.8, 4) is 0 Å². The topological polar surface area (TPSA) is 58.6 Å². The highest BCUT2D eigenvalue weighted by molar-refractivity contribution is 6.30. The van der Waals surface area contributed by atoms with Crippen LogP contribution >= 0.6 is 11.6 Å². The second-order valence-corrected chi connectivity index (χ2v) is 6.78. The molecule has 1 fully saturated rings. The van der Waals surface area contributed by atoms with Gasteiger partial charge in [0.05, 0.1) is 0 Å². The average molecular weight is 373 g/mol. The van der Waals surface area contributed by atoms with Crippen LogP contribution in [-0.2, 0) is 16.1 Å². The zero-order chi connectivity index (χ0) is 18.5. The number of nitrogens with one attached hydrogen (secondary N) is 1. The highest BCUT2D eigenvalue weighted by Gasteiger charge is 2.35. The van der Waals surface area contributed by atoms with Crippen LogP contribution in [0.5, 0.6) is 0 Å². The molecule has 5 nitrogen and oxygen atoms in total. The minimum Gasteiger partial charge on any atom is -0.445 e. The molecule has 0 radical (unpaired) electrons. The number of carbonyl (C=O) groups is 2. The maximum absolute atomic E-state index is 12.6. The van der Waals surface area contributed by atoms with Crippen molar-refractivity contribution in [3.63, 3.8) is 0 Å². The average Bonchev–Trinajstić information content (AvgIpc) is 3.13. The smallest absolute Gasteiger partial charge is 0.410 e. The SMILES string of the molecule is Cc1cc(Cl)ccc1NC(=O)C1CCCN1C(=O)OCc1ccccc1. The van der Waals surface area contributed by atoms with E-state index >= 15 is 0 Å². The molecule has 0 saturated carbocycles. The Labute approximate surface area is 157 Å². The summed E-state index contributed by atoms with van der Waals surface area (Å²) < 4.78 is 5.37. The Bertz CT molecular complexity index is 795. The molecular weight excluding hydrogens is 352 g/mol. The van der Waals surface area contributed by atoms with Crippen molar-refractivity contribution in [2.45, 2.75) is 32.4 Å². The van der Waals surface area contributed by atoms with E-state index in [1.165, 1.54) is 4.90 Å². The fourth-order valence-corrected chi connectivity index (χ4v) is 3.27. The molecule has 2 amide bonds. The minimum absolute atomic E-state index is 0.195. The fraction of sp³-hybridized carbons (Fsp3) is 0.300. The van der Waals surface area contributed by atoms with Crippen LogP contribution < -0.4 is 5.32 Å². The highest BCUT2D eigenvalue weighted by atomic mass is 35.5. The third-order valence-electron chi connectivity index (χ3n) is 4.44. The second-order valence-electron chi connectivity index (χ2n) is 6.34. The Morgan fingerprint density at radius 1 is 1.23 bits per heavy atom. The maximum atomic E-state index is 12.6. The lowest BCUT2D eigenvalue weighted by Gasteiger charge is -2.23. The van der Waals surface area contributed by atoms with Crippen molar-refractivity contribution in [1.29, 1.82) is 0 Å². The van der Waals surface area contributed by atoms with Gasteiger partial charge >= 0.3 is 6.09 Å². The molecule has 1 N–H and O–H groups in total. The van der Waals surface area contributed by atoms with Crippen LogP contribution in [0.4, 0.5) is 10.5 Å². The predicted molar refractivity (Wildman–Crippen MR) is 101 cm³/mol. The summed E-state index contributed by atoms with van der Waals surface area (Å²) in [5, 5.41) is 3.51. The van der Waals surface area contributed by atoms with Gasteiger partial charge in [0.15, 0.2) is 0 Å². The fourth-order valence-electron chi connectivity index (χ4n) is 3.04. The first-order valence-electron chi connectivity index (χ1n) is 8.59. The van der Waals surface area contributed by atoms with E-state index in [4.69, 9.17) is 16.3 Å². The molecule has 0 aromatic heterocycles. The van der Waals surface area contributed by atoms with Crippen LogP contribution in [0, 0.1) is 6.92 Å². The van der Waals surface area contributed by atoms with Gasteiger partial charge in [0.2, 0.25) is 5.91 Å². The van der Waals surface area contributed by atoms with Crippen LogP contribution in [0.1, 0.15) is 24.0 Å². The van der Waals surface area contributed by atoms with Crippen LogP contribution in [0.3, 0.4) is 0 Å². The summed E-state index contributed by atoms with van der Waals surface area (Å²) in [6.45, 7) is 2.59. The largest absolute Gasteiger partial charge is 0.445 e. The molecular formula is C20H21ClN2O3. The normalized spacial score (nSPS) is 16.4. The van der Waals surface area contributed by atoms with Gasteiger partial charge in [0, 0.05) is 17.3 Å². The van der Waals surface area contributed by atoms with E-state index in [1.54, 1.807) is 18.2 Å². The van der Waals surface area contributed by atoms with Gasteiger partial charge in [-0.1, -0.05) is 41.9 Å². The number of hydrogen-bond acceptors (Lipinski definition) is 3. The standard InChI is InChI=1S/C20H21ClN2O3/c1-14-12-16(21)9-10-17(14)22-19(24)18-8-5-11-23(18)20(25)26-13-15-6-3-2-4-7-15/h2-4,6-7,9-10,12,18H,5,8,11,13H2,1H3,(H,22,24). The van der Waals surface area contributed by atoms with E-state index in [0.29, 0.717) is 23.7 Å². The number of aryl methyl sites for hydroxylation is 1. The first-order chi connectivity index (χ1) is 12.5. The first-order valence-corrected chi connectivity index (χ1v) is 8.97. The molecule has 0 spiro atoms. The lowest BCUT2D eigenvalue weighted by molar-refractivity contribution is -0.120. The van der Waals surface area contributed by atoms with E-state index in [9.17, 15) is 9.59 Å². The molecule has 0 aliphatic carbocycles.